The number of nitriles is 1. The third kappa shape index (κ3) is 9.45. The number of carbonyl (C=O) groups is 4. The molecule has 3 unspecified atom stereocenters. The third-order valence-corrected chi connectivity index (χ3v) is 16.2. The lowest BCUT2D eigenvalue weighted by Gasteiger charge is -2.41. The summed E-state index contributed by atoms with van der Waals surface area (Å²) in [5, 5.41) is 12.7. The van der Waals surface area contributed by atoms with E-state index in [-0.39, 0.29) is 134 Å². The number of ether oxygens (including phenoxy) is 4. The summed E-state index contributed by atoms with van der Waals surface area (Å²) in [6.07, 6.45) is -0.612. The summed E-state index contributed by atoms with van der Waals surface area (Å²) >= 11 is 7.58. The number of nitrogens with two attached hydrogens (primary N) is 2. The molecular formula is C53H46ClF4N11O9S. The molecule has 4 atom stereocenters. The van der Waals surface area contributed by atoms with E-state index in [4.69, 9.17) is 47.0 Å². The van der Waals surface area contributed by atoms with Gasteiger partial charge in [0.1, 0.15) is 67.1 Å². The highest BCUT2D eigenvalue weighted by atomic mass is 35.5. The van der Waals surface area contributed by atoms with Crippen molar-refractivity contribution in [2.45, 2.75) is 63.2 Å². The predicted molar refractivity (Wildman–Crippen MR) is 280 cm³/mol. The topological polar surface area (TPSA) is 263 Å². The van der Waals surface area contributed by atoms with E-state index in [0.29, 0.717) is 35.3 Å². The number of anilines is 3. The monoisotopic (exact) mass is 1120 g/mol. The van der Waals surface area contributed by atoms with Crippen molar-refractivity contribution in [3.05, 3.63) is 107 Å². The highest BCUT2D eigenvalue weighted by Crippen LogP contribution is 2.42. The number of alkyl carbamates (subject to hydrolysis) is 1. The van der Waals surface area contributed by atoms with Crippen LogP contribution in [0.5, 0.6) is 6.01 Å². The fraction of sp³-hybridized carbons (Fsp3) is 0.340. The summed E-state index contributed by atoms with van der Waals surface area (Å²) in [4.78, 5) is 85.5. The van der Waals surface area contributed by atoms with Crippen molar-refractivity contribution < 1.29 is 55.7 Å². The fourth-order valence-electron chi connectivity index (χ4n) is 11.1. The molecule has 6 aromatic rings. The molecule has 5 aliphatic rings. The van der Waals surface area contributed by atoms with Crippen molar-refractivity contribution in [2.24, 2.45) is 0 Å². The first-order chi connectivity index (χ1) is 37.8. The highest BCUT2D eigenvalue weighted by molar-refractivity contribution is 7.14. The standard InChI is InChI=1S/C53H46ClF4N11O9S/c1-24(21-76-52(74)62-17-41(70)78-45-30-12-39-43-27(8-26-9-37(60)36(57)13-38(26)63-43)19-69(39)49(72)34(30)22-75-50(45)73)48(71)66-6-7-68(25(2)18-66)47-32-11-35(54)31(10-29-33(16-59)46(61)79-40(29)15-55)42(58)44(32)64-51(65-47)77-23-53-4-3-5-67(53)20-28(56)14-53/h8-13,15,25,28,45H,1,3-7,14,17-23,60-61H2,2H3,(H,62,74)/b29-10+,40-15-/t25?,28?,45?,53-/m0/s1. The van der Waals surface area contributed by atoms with Crippen LogP contribution in [0.4, 0.5) is 38.9 Å². The van der Waals surface area contributed by atoms with E-state index in [1.54, 1.807) is 13.0 Å². The number of amides is 2. The zero-order valence-electron chi connectivity index (χ0n) is 41.9. The molecule has 3 fully saturated rings. The zero-order valence-corrected chi connectivity index (χ0v) is 43.5. The molecule has 5 aliphatic heterocycles. The second kappa shape index (κ2) is 20.5. The Hall–Kier alpha value is -8.34. The molecule has 5 N–H and O–H groups in total. The van der Waals surface area contributed by atoms with E-state index >= 15 is 4.39 Å². The number of hydrogen-bond donors (Lipinski definition) is 3. The number of thiophene rings is 1. The van der Waals surface area contributed by atoms with E-state index in [2.05, 4.69) is 21.9 Å². The maximum absolute atomic E-state index is 17.0. The van der Waals surface area contributed by atoms with Crippen LogP contribution in [0.25, 0.3) is 45.6 Å². The number of benzene rings is 2. The quantitative estimate of drug-likeness (QED) is 0.0527. The van der Waals surface area contributed by atoms with Gasteiger partial charge in [0.25, 0.3) is 11.5 Å². The van der Waals surface area contributed by atoms with Crippen LogP contribution in [-0.4, -0.2) is 123 Å². The molecule has 2 aromatic carbocycles. The van der Waals surface area contributed by atoms with Gasteiger partial charge >= 0.3 is 24.0 Å². The number of nitrogen functional groups attached to an aromatic ring is 2. The molecule has 0 bridgehead atoms. The van der Waals surface area contributed by atoms with Gasteiger partial charge in [-0.2, -0.15) is 15.2 Å². The van der Waals surface area contributed by atoms with Crippen LogP contribution < -0.4 is 41.7 Å². The normalized spacial score (nSPS) is 20.9. The Kier molecular flexibility index (Phi) is 13.7. The molecule has 0 radical (unpaired) electrons. The zero-order chi connectivity index (χ0) is 55.8. The van der Waals surface area contributed by atoms with Gasteiger partial charge in [0.2, 0.25) is 6.10 Å². The number of fused-ring (bicyclic) bond motifs is 7. The second-order valence-corrected chi connectivity index (χ2v) is 21.4. The summed E-state index contributed by atoms with van der Waals surface area (Å²) in [6, 6.07) is 8.50. The highest BCUT2D eigenvalue weighted by Gasteiger charge is 2.49. The van der Waals surface area contributed by atoms with E-state index in [1.807, 2.05) is 15.9 Å². The SMILES string of the molecule is C=C(COC(=O)NCC(=O)OC1C(=O)OCc2c1cc1n(c2=O)Cc2cc3cc(N)c(F)cc3nc2-1)C(=O)N1CCN(c2nc(OC[C@@]34CCCN3CC(F)C4)nc3c(F)c(/C=c4\c(C#N)c(N)s\c4=C/F)c(Cl)cc23)C(C)C1. The summed E-state index contributed by atoms with van der Waals surface area (Å²) in [5.41, 5.74) is 11.6. The van der Waals surface area contributed by atoms with Gasteiger partial charge in [0, 0.05) is 83.0 Å². The molecule has 408 valence electrons. The van der Waals surface area contributed by atoms with Crippen molar-refractivity contribution in [2.75, 3.05) is 68.8 Å². The van der Waals surface area contributed by atoms with Gasteiger partial charge in [0.15, 0.2) is 5.82 Å². The number of aromatic nitrogens is 4. The van der Waals surface area contributed by atoms with Gasteiger partial charge in [-0.1, -0.05) is 18.2 Å². The Morgan fingerprint density at radius 1 is 1.10 bits per heavy atom. The number of pyridine rings is 2. The van der Waals surface area contributed by atoms with Crippen LogP contribution >= 0.6 is 22.9 Å². The van der Waals surface area contributed by atoms with Gasteiger partial charge in [-0.05, 0) is 56.7 Å². The number of nitrogens with zero attached hydrogens (tertiary/aromatic N) is 8. The van der Waals surface area contributed by atoms with E-state index in [1.165, 1.54) is 39.8 Å². The van der Waals surface area contributed by atoms with Crippen molar-refractivity contribution in [1.29, 1.82) is 5.26 Å². The fourth-order valence-corrected chi connectivity index (χ4v) is 12.2. The van der Waals surface area contributed by atoms with E-state index < -0.39 is 84.7 Å². The largest absolute Gasteiger partial charge is 0.461 e. The summed E-state index contributed by atoms with van der Waals surface area (Å²) in [7, 11) is 0. The molecule has 20 nitrogen and oxygen atoms in total. The maximum Gasteiger partial charge on any atom is 0.407 e. The molecular weight excluding hydrogens is 1080 g/mol. The Morgan fingerprint density at radius 3 is 2.68 bits per heavy atom. The van der Waals surface area contributed by atoms with Crippen molar-refractivity contribution >= 4 is 97.6 Å². The van der Waals surface area contributed by atoms with Crippen molar-refractivity contribution in [3.63, 3.8) is 0 Å². The number of carbonyl (C=O) groups excluding carboxylic acids is 4. The Balaban J connectivity index is 0.748. The number of alkyl halides is 1. The molecule has 26 heteroatoms. The summed E-state index contributed by atoms with van der Waals surface area (Å²) in [6.45, 7) is 5.22. The third-order valence-electron chi connectivity index (χ3n) is 15.0. The first kappa shape index (κ1) is 52.7. The average Bonchev–Trinajstić information content (AvgIpc) is 4.37. The van der Waals surface area contributed by atoms with E-state index in [0.717, 1.165) is 17.8 Å². The van der Waals surface area contributed by atoms with Crippen LogP contribution in [0.1, 0.15) is 60.1 Å². The maximum atomic E-state index is 17.0. The first-order valence-electron chi connectivity index (χ1n) is 24.8. The predicted octanol–water partition coefficient (Wildman–Crippen LogP) is 4.55. The van der Waals surface area contributed by atoms with Crippen LogP contribution in [0.2, 0.25) is 5.02 Å². The smallest absolute Gasteiger partial charge is 0.407 e. The summed E-state index contributed by atoms with van der Waals surface area (Å²) < 4.78 is 83.5. The molecule has 9 heterocycles. The molecule has 11 rings (SSSR count). The molecule has 0 spiro atoms. The Labute approximate surface area is 454 Å². The molecule has 0 aliphatic carbocycles. The number of hydrogen-bond acceptors (Lipinski definition) is 18. The molecule has 79 heavy (non-hydrogen) atoms. The minimum atomic E-state index is -1.69. The van der Waals surface area contributed by atoms with Crippen molar-refractivity contribution in [3.8, 4) is 23.5 Å². The van der Waals surface area contributed by atoms with Crippen LogP contribution in [0.3, 0.4) is 0 Å². The second-order valence-electron chi connectivity index (χ2n) is 19.9. The van der Waals surface area contributed by atoms with E-state index in [9.17, 15) is 42.4 Å². The number of esters is 2. The van der Waals surface area contributed by atoms with Crippen LogP contribution in [-0.2, 0) is 41.7 Å². The van der Waals surface area contributed by atoms with Crippen LogP contribution in [0.15, 0.2) is 47.3 Å². The minimum absolute atomic E-state index is 0.0199. The van der Waals surface area contributed by atoms with Gasteiger partial charge in [-0.3, -0.25) is 19.3 Å². The Bertz CT molecular complexity index is 3890. The molecule has 2 amide bonds. The average molecular weight is 1120 g/mol. The number of halogens is 5. The number of piperazine rings is 1. The number of rotatable bonds is 11. The Morgan fingerprint density at radius 2 is 1.91 bits per heavy atom. The first-order valence-corrected chi connectivity index (χ1v) is 26.0. The molecule has 4 aromatic heterocycles. The minimum Gasteiger partial charge on any atom is -0.461 e. The lowest BCUT2D eigenvalue weighted by molar-refractivity contribution is -0.171. The number of nitrogens with one attached hydrogen (secondary N) is 1. The van der Waals surface area contributed by atoms with Gasteiger partial charge < -0.3 is 50.1 Å². The number of cyclic esters (lactones) is 1. The van der Waals surface area contributed by atoms with Crippen molar-refractivity contribution in [1.82, 2.24) is 34.6 Å². The lowest BCUT2D eigenvalue weighted by Crippen LogP contribution is -2.54. The van der Waals surface area contributed by atoms with Gasteiger partial charge in [-0.25, -0.2) is 32.1 Å². The summed E-state index contributed by atoms with van der Waals surface area (Å²) in [5.74, 6) is -4.02. The lowest BCUT2D eigenvalue weighted by atomic mass is 9.95. The molecule has 3 saturated heterocycles. The van der Waals surface area contributed by atoms with Gasteiger partial charge in [0.05, 0.1) is 55.4 Å². The molecule has 0 saturated carbocycles. The van der Waals surface area contributed by atoms with Gasteiger partial charge in [-0.15, -0.1) is 11.3 Å². The van der Waals surface area contributed by atoms with Crippen LogP contribution in [0, 0.1) is 23.0 Å².